The summed E-state index contributed by atoms with van der Waals surface area (Å²) in [5.41, 5.74) is 8.41. The van der Waals surface area contributed by atoms with Crippen LogP contribution in [0, 0.1) is 0 Å². The number of phosphoric acid groups is 2. The molecule has 356 valence electrons. The number of nitrogens with one attached hydrogen (secondary N) is 1. The van der Waals surface area contributed by atoms with E-state index in [0.717, 1.165) is 36.1 Å². The van der Waals surface area contributed by atoms with Crippen molar-refractivity contribution < 1.29 is 75.2 Å². The molecule has 1 aliphatic carbocycles. The second-order valence-corrected chi connectivity index (χ2v) is 18.4. The number of anilines is 1. The molecule has 2 aromatic rings. The van der Waals surface area contributed by atoms with Crippen molar-refractivity contribution in [2.24, 2.45) is 5.73 Å². The van der Waals surface area contributed by atoms with Gasteiger partial charge in [-0.2, -0.15) is 12.6 Å². The van der Waals surface area contributed by atoms with Crippen molar-refractivity contribution >= 4 is 68.6 Å². The van der Waals surface area contributed by atoms with Gasteiger partial charge in [0.2, 0.25) is 11.3 Å². The monoisotopic (exact) mass is 966 g/mol. The zero-order valence-corrected chi connectivity index (χ0v) is 39.3. The lowest BCUT2D eigenvalue weighted by Gasteiger charge is -2.19. The second-order valence-electron chi connectivity index (χ2n) is 15.0. The first kappa shape index (κ1) is 53.2. The topological polar surface area (TPSA) is 273 Å². The summed E-state index contributed by atoms with van der Waals surface area (Å²) < 4.78 is 62.7. The Bertz CT molecular complexity index is 2410. The number of carbonyl (C=O) groups is 4. The highest BCUT2D eigenvalue weighted by molar-refractivity contribution is 7.80. The van der Waals surface area contributed by atoms with Gasteiger partial charge in [-0.3, -0.25) is 32.5 Å². The first-order valence-corrected chi connectivity index (χ1v) is 24.6. The Kier molecular flexibility index (Phi) is 21.3. The third-order valence-corrected chi connectivity index (χ3v) is 12.1. The number of rotatable bonds is 30. The predicted molar refractivity (Wildman–Crippen MR) is 245 cm³/mol. The van der Waals surface area contributed by atoms with Crippen LogP contribution in [0.4, 0.5) is 5.69 Å². The number of Topliss-reactive ketones (excluding diaryl/α,β-unsaturated/α-hetero) is 1. The van der Waals surface area contributed by atoms with Crippen LogP contribution in [0.5, 0.6) is 0 Å². The number of carboxylic acids is 1. The lowest BCUT2D eigenvalue weighted by Crippen LogP contribution is -2.26. The highest BCUT2D eigenvalue weighted by atomic mass is 32.1. The van der Waals surface area contributed by atoms with Gasteiger partial charge in [0.1, 0.15) is 31.5 Å². The highest BCUT2D eigenvalue weighted by Crippen LogP contribution is 2.48. The zero-order valence-electron chi connectivity index (χ0n) is 36.6. The summed E-state index contributed by atoms with van der Waals surface area (Å²) in [5, 5.41) is 14.9. The molecule has 0 saturated heterocycles. The zero-order chi connectivity index (χ0) is 47.6. The maximum Gasteiger partial charge on any atom is 0.474 e. The lowest BCUT2D eigenvalue weighted by atomic mass is 9.88. The number of carboxylic acid groups (broad SMARTS) is 1. The van der Waals surface area contributed by atoms with Crippen LogP contribution in [-0.2, 0) is 46.3 Å². The molecular formula is C43H58N3O16P2S+. The molecule has 1 amide bonds. The minimum absolute atomic E-state index is 0.0115. The van der Waals surface area contributed by atoms with E-state index in [0.29, 0.717) is 58.2 Å². The normalized spacial score (nSPS) is 13.8. The van der Waals surface area contributed by atoms with Crippen LogP contribution >= 0.6 is 28.3 Å². The van der Waals surface area contributed by atoms with E-state index in [1.54, 1.807) is 13.1 Å². The van der Waals surface area contributed by atoms with Crippen LogP contribution in [-0.4, -0.2) is 105 Å². The number of hydrogen-bond donors (Lipinski definition) is 6. The van der Waals surface area contributed by atoms with Gasteiger partial charge in [0, 0.05) is 72.8 Å². The van der Waals surface area contributed by atoms with Gasteiger partial charge >= 0.3 is 27.6 Å². The summed E-state index contributed by atoms with van der Waals surface area (Å²) in [6.45, 7) is -1.71. The maximum absolute atomic E-state index is 13.6. The second kappa shape index (κ2) is 26.0. The fraction of sp³-hybridized carbons (Fsp3) is 0.465. The SMILES string of the molecule is CNc1ccc2c(-c3cc(C(=O)CCCCOCC(CCOP(=O)(O)OCOP(=O)(O)OCCCCCCS)OC(=O)CCC(N)=O)ccc3C(=O)O)c3ccc(=[N+](C)C)cc-3oc2c1. The number of ether oxygens (including phenoxy) is 2. The van der Waals surface area contributed by atoms with Crippen molar-refractivity contribution in [2.45, 2.75) is 70.3 Å². The third-order valence-electron chi connectivity index (χ3n) is 9.90. The smallest absolute Gasteiger partial charge is 0.474 e. The van der Waals surface area contributed by atoms with Crippen molar-refractivity contribution in [3.05, 3.63) is 71.1 Å². The van der Waals surface area contributed by atoms with Crippen molar-refractivity contribution in [1.29, 1.82) is 0 Å². The number of ketones is 1. The van der Waals surface area contributed by atoms with E-state index >= 15 is 0 Å². The number of esters is 1. The van der Waals surface area contributed by atoms with Gasteiger partial charge in [0.25, 0.3) is 0 Å². The average Bonchev–Trinajstić information content (AvgIpc) is 3.25. The molecule has 0 radical (unpaired) electrons. The Labute approximate surface area is 382 Å². The summed E-state index contributed by atoms with van der Waals surface area (Å²) in [5.74, 6) is -1.63. The van der Waals surface area contributed by atoms with Gasteiger partial charge in [-0.05, 0) is 67.3 Å². The van der Waals surface area contributed by atoms with E-state index in [4.69, 9.17) is 28.7 Å². The van der Waals surface area contributed by atoms with Crippen LogP contribution in [0.1, 0.15) is 84.9 Å². The number of unbranched alkanes of at least 4 members (excludes halogenated alkanes) is 4. The molecule has 0 bridgehead atoms. The summed E-state index contributed by atoms with van der Waals surface area (Å²) in [6, 6.07) is 15.7. The lowest BCUT2D eigenvalue weighted by molar-refractivity contribution is -0.153. The molecule has 1 heterocycles. The fourth-order valence-electron chi connectivity index (χ4n) is 6.49. The van der Waals surface area contributed by atoms with Crippen LogP contribution in [0.3, 0.4) is 0 Å². The van der Waals surface area contributed by atoms with Gasteiger partial charge in [0.15, 0.2) is 12.6 Å². The summed E-state index contributed by atoms with van der Waals surface area (Å²) >= 11 is 4.12. The molecule has 4 rings (SSSR count). The Morgan fingerprint density at radius 2 is 1.52 bits per heavy atom. The first-order chi connectivity index (χ1) is 30.9. The molecular weight excluding hydrogens is 908 g/mol. The van der Waals surface area contributed by atoms with E-state index in [1.807, 2.05) is 55.1 Å². The van der Waals surface area contributed by atoms with E-state index < -0.39 is 53.0 Å². The van der Waals surface area contributed by atoms with Crippen LogP contribution in [0.25, 0.3) is 33.4 Å². The number of nitrogens with two attached hydrogens (primary N) is 1. The van der Waals surface area contributed by atoms with Gasteiger partial charge in [-0.1, -0.05) is 18.9 Å². The Hall–Kier alpha value is -4.46. The Morgan fingerprint density at radius 3 is 2.20 bits per heavy atom. The van der Waals surface area contributed by atoms with Gasteiger partial charge < -0.3 is 39.8 Å². The number of benzene rings is 3. The van der Waals surface area contributed by atoms with E-state index in [-0.39, 0.29) is 56.9 Å². The summed E-state index contributed by atoms with van der Waals surface area (Å²) in [4.78, 5) is 69.6. The van der Waals surface area contributed by atoms with Gasteiger partial charge in [-0.15, -0.1) is 0 Å². The van der Waals surface area contributed by atoms with Crippen LogP contribution in [0.2, 0.25) is 0 Å². The van der Waals surface area contributed by atoms with E-state index in [2.05, 4.69) is 27.0 Å². The van der Waals surface area contributed by atoms with E-state index in [1.165, 1.54) is 12.1 Å². The number of carbonyl (C=O) groups excluding carboxylic acids is 3. The number of primary amides is 1. The highest BCUT2D eigenvalue weighted by Gasteiger charge is 2.28. The molecule has 3 unspecified atom stereocenters. The van der Waals surface area contributed by atoms with Gasteiger partial charge in [-0.25, -0.2) is 18.5 Å². The van der Waals surface area contributed by atoms with Gasteiger partial charge in [0.05, 0.1) is 37.9 Å². The number of amides is 1. The quantitative estimate of drug-likeness (QED) is 0.00468. The average molecular weight is 967 g/mol. The first-order valence-electron chi connectivity index (χ1n) is 20.9. The molecule has 0 aromatic heterocycles. The molecule has 0 saturated carbocycles. The summed E-state index contributed by atoms with van der Waals surface area (Å²) in [7, 11) is -3.79. The number of hydrogen-bond acceptors (Lipinski definition) is 15. The van der Waals surface area contributed by atoms with Crippen molar-refractivity contribution in [3.8, 4) is 22.5 Å². The molecule has 3 atom stereocenters. The van der Waals surface area contributed by atoms with Crippen molar-refractivity contribution in [3.63, 3.8) is 0 Å². The molecule has 2 aliphatic rings. The number of fused-ring (bicyclic) bond motifs is 2. The molecule has 19 nitrogen and oxygen atoms in total. The maximum atomic E-state index is 13.6. The summed E-state index contributed by atoms with van der Waals surface area (Å²) in [6.07, 6.45) is 2.14. The molecule has 6 N–H and O–H groups in total. The predicted octanol–water partition coefficient (Wildman–Crippen LogP) is 6.63. The molecule has 0 fully saturated rings. The number of aromatic carboxylic acids is 1. The van der Waals surface area contributed by atoms with Crippen LogP contribution < -0.4 is 21.0 Å². The largest absolute Gasteiger partial charge is 0.478 e. The number of nitrogens with zero attached hydrogens (tertiary/aromatic N) is 1. The fourth-order valence-corrected chi connectivity index (χ4v) is 8.01. The number of phosphoric ester groups is 2. The van der Waals surface area contributed by atoms with Crippen molar-refractivity contribution in [2.75, 3.05) is 65.4 Å². The molecule has 65 heavy (non-hydrogen) atoms. The molecule has 2 aromatic carbocycles. The molecule has 22 heteroatoms. The standard InChI is InChI=1S/C43H57N3O16P2S/c1-45-30-12-15-34-38(25-30)62-39-26-31(46(2)3)13-16-35(39)42(34)36-24-29(11-14-33(36)43(50)51)37(47)10-6-8-20-56-27-32(61-41(49)18-17-40(44)48)19-22-58-64(54,55)60-28-59-63(52,53)57-21-7-4-5-9-23-65/h11-16,24-26,32H,4-10,17-23,27-28H2,1-3H3,(H6,44,48,50,51,52,53,54,55,65)/p+1. The van der Waals surface area contributed by atoms with E-state index in [9.17, 15) is 43.2 Å². The Morgan fingerprint density at radius 1 is 0.815 bits per heavy atom. The minimum Gasteiger partial charge on any atom is -0.478 e. The number of thiol groups is 1. The molecule has 0 spiro atoms. The third kappa shape index (κ3) is 17.4. The molecule has 1 aliphatic heterocycles. The minimum atomic E-state index is -4.81. The van der Waals surface area contributed by atoms with Crippen molar-refractivity contribution in [1.82, 2.24) is 4.58 Å². The Balaban J connectivity index is 1.35. The van der Waals surface area contributed by atoms with Crippen LogP contribution in [0.15, 0.2) is 59.0 Å².